The molecule has 1 unspecified atom stereocenters. The fourth-order valence-electron chi connectivity index (χ4n) is 1.27. The van der Waals surface area contributed by atoms with Gasteiger partial charge in [0.05, 0.1) is 6.61 Å². The molecule has 0 aromatic carbocycles. The molecule has 0 fully saturated rings. The Labute approximate surface area is 87.5 Å². The third-order valence-electron chi connectivity index (χ3n) is 1.91. The Morgan fingerprint density at radius 3 is 1.57 bits per heavy atom. The van der Waals surface area contributed by atoms with Crippen LogP contribution in [0.4, 0.5) is 0 Å². The van der Waals surface area contributed by atoms with E-state index >= 15 is 0 Å². The van der Waals surface area contributed by atoms with Crippen LogP contribution in [0.1, 0.15) is 27.7 Å². The van der Waals surface area contributed by atoms with Crippen molar-refractivity contribution in [2.24, 2.45) is 0 Å². The molecule has 0 radical (unpaired) electrons. The first kappa shape index (κ1) is 14.1. The Morgan fingerprint density at radius 2 is 1.36 bits per heavy atom. The van der Waals surface area contributed by atoms with Gasteiger partial charge in [-0.3, -0.25) is 0 Å². The fraction of sp³-hybridized carbons (Fsp3) is 1.00. The summed E-state index contributed by atoms with van der Waals surface area (Å²) >= 11 is 0. The van der Waals surface area contributed by atoms with Crippen molar-refractivity contribution in [3.8, 4) is 0 Å². The van der Waals surface area contributed by atoms with Gasteiger partial charge in [0.2, 0.25) is 0 Å². The molecule has 0 amide bonds. The summed E-state index contributed by atoms with van der Waals surface area (Å²) in [6.07, 6.45) is 0. The zero-order valence-electron chi connectivity index (χ0n) is 9.58. The van der Waals surface area contributed by atoms with Gasteiger partial charge >= 0.3 is 8.80 Å². The van der Waals surface area contributed by atoms with E-state index in [0.29, 0.717) is 19.8 Å². The van der Waals surface area contributed by atoms with Crippen LogP contribution in [0, 0.1) is 0 Å². The van der Waals surface area contributed by atoms with Gasteiger partial charge in [0.25, 0.3) is 0 Å². The molecule has 1 N–H and O–H groups in total. The zero-order chi connectivity index (χ0) is 11.0. The van der Waals surface area contributed by atoms with Gasteiger partial charge in [-0.05, 0) is 20.8 Å². The van der Waals surface area contributed by atoms with Gasteiger partial charge in [-0.1, -0.05) is 6.92 Å². The second-order valence-electron chi connectivity index (χ2n) is 2.99. The number of aliphatic hydroxyl groups is 1. The van der Waals surface area contributed by atoms with Gasteiger partial charge < -0.3 is 18.4 Å². The van der Waals surface area contributed by atoms with E-state index in [9.17, 15) is 0 Å². The molecular formula is C9H22O4Si. The quantitative estimate of drug-likeness (QED) is 0.631. The molecule has 0 rings (SSSR count). The highest BCUT2D eigenvalue weighted by Crippen LogP contribution is 2.24. The molecule has 0 heterocycles. The van der Waals surface area contributed by atoms with E-state index in [-0.39, 0.29) is 12.1 Å². The minimum Gasteiger partial charge on any atom is -0.396 e. The number of hydrogen-bond donors (Lipinski definition) is 1. The maximum absolute atomic E-state index is 9.15. The summed E-state index contributed by atoms with van der Waals surface area (Å²) in [5.74, 6) is 0. The van der Waals surface area contributed by atoms with Crippen LogP contribution in [0.25, 0.3) is 0 Å². The molecule has 5 heteroatoms. The molecule has 0 aliphatic rings. The Bertz CT molecular complexity index is 126. The molecule has 0 aromatic heterocycles. The van der Waals surface area contributed by atoms with Crippen LogP contribution in [0.15, 0.2) is 0 Å². The zero-order valence-corrected chi connectivity index (χ0v) is 10.6. The van der Waals surface area contributed by atoms with Crippen molar-refractivity contribution < 1.29 is 18.4 Å². The highest BCUT2D eigenvalue weighted by molar-refractivity contribution is 6.62. The predicted octanol–water partition coefficient (Wildman–Crippen LogP) is 1.42. The molecule has 0 bridgehead atoms. The Hall–Kier alpha value is 0.0569. The van der Waals surface area contributed by atoms with E-state index in [1.807, 2.05) is 27.7 Å². The van der Waals surface area contributed by atoms with Crippen molar-refractivity contribution in [3.05, 3.63) is 0 Å². The van der Waals surface area contributed by atoms with E-state index in [1.54, 1.807) is 0 Å². The number of rotatable bonds is 8. The van der Waals surface area contributed by atoms with Crippen LogP contribution in [-0.4, -0.2) is 40.3 Å². The van der Waals surface area contributed by atoms with Crippen LogP contribution in [-0.2, 0) is 13.3 Å². The van der Waals surface area contributed by atoms with Crippen LogP contribution in [0.2, 0.25) is 5.54 Å². The van der Waals surface area contributed by atoms with Crippen molar-refractivity contribution >= 4 is 8.80 Å². The molecule has 14 heavy (non-hydrogen) atoms. The largest absolute Gasteiger partial charge is 0.506 e. The topological polar surface area (TPSA) is 47.9 Å². The lowest BCUT2D eigenvalue weighted by Crippen LogP contribution is -2.50. The summed E-state index contributed by atoms with van der Waals surface area (Å²) in [5, 5.41) is 9.15. The highest BCUT2D eigenvalue weighted by atomic mass is 28.4. The average Bonchev–Trinajstić information content (AvgIpc) is 2.17. The summed E-state index contributed by atoms with van der Waals surface area (Å²) < 4.78 is 16.8. The summed E-state index contributed by atoms with van der Waals surface area (Å²) in [6, 6.07) is 0. The lowest BCUT2D eigenvalue weighted by Gasteiger charge is -2.32. The summed E-state index contributed by atoms with van der Waals surface area (Å²) in [4.78, 5) is 0. The van der Waals surface area contributed by atoms with Crippen molar-refractivity contribution in [3.63, 3.8) is 0 Å². The van der Waals surface area contributed by atoms with Crippen LogP contribution in [0.3, 0.4) is 0 Å². The van der Waals surface area contributed by atoms with Crippen LogP contribution < -0.4 is 0 Å². The first-order chi connectivity index (χ1) is 6.66. The Morgan fingerprint density at radius 1 is 1.00 bits per heavy atom. The van der Waals surface area contributed by atoms with Crippen LogP contribution >= 0.6 is 0 Å². The van der Waals surface area contributed by atoms with Gasteiger partial charge in [0.1, 0.15) is 0 Å². The van der Waals surface area contributed by atoms with Crippen molar-refractivity contribution in [2.75, 3.05) is 26.4 Å². The van der Waals surface area contributed by atoms with Gasteiger partial charge in [0.15, 0.2) is 0 Å². The number of aliphatic hydroxyl groups excluding tert-OH is 1. The Balaban J connectivity index is 4.53. The highest BCUT2D eigenvalue weighted by Gasteiger charge is 2.46. The molecule has 1 atom stereocenters. The van der Waals surface area contributed by atoms with E-state index in [1.165, 1.54) is 0 Å². The van der Waals surface area contributed by atoms with Gasteiger partial charge in [-0.25, -0.2) is 0 Å². The Kier molecular flexibility index (Phi) is 7.39. The molecule has 4 nitrogen and oxygen atoms in total. The van der Waals surface area contributed by atoms with E-state index < -0.39 is 8.80 Å². The lowest BCUT2D eigenvalue weighted by molar-refractivity contribution is 0.0551. The van der Waals surface area contributed by atoms with E-state index in [0.717, 1.165) is 0 Å². The third kappa shape index (κ3) is 3.66. The molecule has 0 aliphatic heterocycles. The molecule has 0 aromatic rings. The molecule has 0 aliphatic carbocycles. The second kappa shape index (κ2) is 7.36. The molecule has 0 spiro atoms. The van der Waals surface area contributed by atoms with Crippen molar-refractivity contribution in [2.45, 2.75) is 33.2 Å². The molecule has 0 saturated carbocycles. The fourth-order valence-corrected chi connectivity index (χ4v) is 3.80. The van der Waals surface area contributed by atoms with Gasteiger partial charge in [0, 0.05) is 25.4 Å². The third-order valence-corrected chi connectivity index (χ3v) is 5.38. The van der Waals surface area contributed by atoms with Crippen molar-refractivity contribution in [1.29, 1.82) is 0 Å². The van der Waals surface area contributed by atoms with E-state index in [2.05, 4.69) is 0 Å². The normalized spacial score (nSPS) is 14.4. The van der Waals surface area contributed by atoms with Gasteiger partial charge in [-0.15, -0.1) is 0 Å². The van der Waals surface area contributed by atoms with Crippen molar-refractivity contribution in [1.82, 2.24) is 0 Å². The molecule has 86 valence electrons. The second-order valence-corrected chi connectivity index (χ2v) is 6.04. The van der Waals surface area contributed by atoms with Crippen LogP contribution in [0.5, 0.6) is 0 Å². The summed E-state index contributed by atoms with van der Waals surface area (Å²) in [7, 11) is -2.65. The summed E-state index contributed by atoms with van der Waals surface area (Å²) in [5.41, 5.74) is -0.0673. The maximum Gasteiger partial charge on any atom is 0.506 e. The summed E-state index contributed by atoms with van der Waals surface area (Å²) in [6.45, 7) is 9.31. The monoisotopic (exact) mass is 222 g/mol. The lowest BCUT2D eigenvalue weighted by atomic mass is 10.5. The number of hydrogen-bond acceptors (Lipinski definition) is 4. The predicted molar refractivity (Wildman–Crippen MR) is 57.1 cm³/mol. The maximum atomic E-state index is 9.15. The van der Waals surface area contributed by atoms with Gasteiger partial charge in [-0.2, -0.15) is 0 Å². The SMILES string of the molecule is CCO[Si](OCC)(OCC)C(C)CO. The first-order valence-corrected chi connectivity index (χ1v) is 6.99. The average molecular weight is 222 g/mol. The first-order valence-electron chi connectivity index (χ1n) is 5.19. The minimum atomic E-state index is -2.65. The smallest absolute Gasteiger partial charge is 0.396 e. The van der Waals surface area contributed by atoms with E-state index in [4.69, 9.17) is 18.4 Å². The molecule has 0 saturated heterocycles. The molecular weight excluding hydrogens is 200 g/mol. The minimum absolute atomic E-state index is 0.0340. The standard InChI is InChI=1S/C9H22O4Si/c1-5-11-14(12-6-2,13-7-3)9(4)8-10/h9-10H,5-8H2,1-4H3.